The largest absolute Gasteiger partial charge is 0.496 e. The van der Waals surface area contributed by atoms with Gasteiger partial charge in [-0.05, 0) is 42.7 Å². The second-order valence-corrected chi connectivity index (χ2v) is 5.65. The summed E-state index contributed by atoms with van der Waals surface area (Å²) in [5.41, 5.74) is 3.26. The molecule has 0 radical (unpaired) electrons. The summed E-state index contributed by atoms with van der Waals surface area (Å²) in [5.74, 6) is 2.04. The van der Waals surface area contributed by atoms with E-state index < -0.39 is 0 Å². The van der Waals surface area contributed by atoms with Crippen LogP contribution in [0.1, 0.15) is 11.1 Å². The molecular formula is C19H21N5O. The predicted octanol–water partition coefficient (Wildman–Crippen LogP) is 3.59. The van der Waals surface area contributed by atoms with E-state index in [1.54, 1.807) is 13.3 Å². The first-order chi connectivity index (χ1) is 12.2. The van der Waals surface area contributed by atoms with Crippen LogP contribution in [-0.4, -0.2) is 28.8 Å². The van der Waals surface area contributed by atoms with E-state index in [2.05, 4.69) is 31.9 Å². The third-order valence-corrected chi connectivity index (χ3v) is 3.73. The minimum atomic E-state index is 0.466. The monoisotopic (exact) mass is 335 g/mol. The van der Waals surface area contributed by atoms with Crippen LogP contribution in [0.3, 0.4) is 0 Å². The summed E-state index contributed by atoms with van der Waals surface area (Å²) in [4.78, 5) is 4.44. The molecule has 0 spiro atoms. The molecule has 2 N–H and O–H groups in total. The van der Waals surface area contributed by atoms with E-state index in [9.17, 15) is 0 Å². The lowest BCUT2D eigenvalue weighted by molar-refractivity contribution is 0.410. The molecule has 0 bridgehead atoms. The Morgan fingerprint density at radius 1 is 1.08 bits per heavy atom. The summed E-state index contributed by atoms with van der Waals surface area (Å²) >= 11 is 0. The first kappa shape index (κ1) is 16.7. The third kappa shape index (κ3) is 4.67. The maximum Gasteiger partial charge on any atom is 0.249 e. The number of ether oxygens (including phenoxy) is 1. The average molecular weight is 335 g/mol. The molecular weight excluding hydrogens is 314 g/mol. The number of nitrogens with one attached hydrogen (secondary N) is 2. The minimum absolute atomic E-state index is 0.466. The Morgan fingerprint density at radius 3 is 2.80 bits per heavy atom. The maximum atomic E-state index is 5.37. The number of methoxy groups -OCH3 is 1. The number of rotatable bonds is 7. The van der Waals surface area contributed by atoms with Gasteiger partial charge in [0.05, 0.1) is 13.3 Å². The van der Waals surface area contributed by atoms with Crippen LogP contribution in [0.4, 0.5) is 17.5 Å². The first-order valence-corrected chi connectivity index (χ1v) is 8.14. The van der Waals surface area contributed by atoms with Gasteiger partial charge in [0.2, 0.25) is 5.95 Å². The van der Waals surface area contributed by atoms with Crippen molar-refractivity contribution in [2.75, 3.05) is 24.3 Å². The lowest BCUT2D eigenvalue weighted by atomic mass is 10.1. The van der Waals surface area contributed by atoms with Crippen molar-refractivity contribution in [3.63, 3.8) is 0 Å². The van der Waals surface area contributed by atoms with Crippen LogP contribution >= 0.6 is 0 Å². The molecule has 0 unspecified atom stereocenters. The summed E-state index contributed by atoms with van der Waals surface area (Å²) in [7, 11) is 1.68. The first-order valence-electron chi connectivity index (χ1n) is 8.14. The van der Waals surface area contributed by atoms with Crippen LogP contribution in [0.2, 0.25) is 0 Å². The van der Waals surface area contributed by atoms with Gasteiger partial charge in [-0.25, -0.2) is 0 Å². The highest BCUT2D eigenvalue weighted by atomic mass is 16.5. The van der Waals surface area contributed by atoms with Crippen molar-refractivity contribution in [3.8, 4) is 5.75 Å². The average Bonchev–Trinajstić information content (AvgIpc) is 2.62. The lowest BCUT2D eigenvalue weighted by Gasteiger charge is -2.10. The van der Waals surface area contributed by atoms with Gasteiger partial charge in [-0.15, -0.1) is 5.10 Å². The van der Waals surface area contributed by atoms with Crippen molar-refractivity contribution in [2.24, 2.45) is 0 Å². The van der Waals surface area contributed by atoms with E-state index in [0.29, 0.717) is 11.8 Å². The number of hydrogen-bond acceptors (Lipinski definition) is 6. The van der Waals surface area contributed by atoms with Gasteiger partial charge in [0.25, 0.3) is 0 Å². The van der Waals surface area contributed by atoms with Crippen LogP contribution < -0.4 is 15.4 Å². The zero-order chi connectivity index (χ0) is 17.5. The van der Waals surface area contributed by atoms with Crippen molar-refractivity contribution in [1.82, 2.24) is 15.2 Å². The molecule has 0 aliphatic rings. The molecule has 128 valence electrons. The molecule has 2 aromatic carbocycles. The summed E-state index contributed by atoms with van der Waals surface area (Å²) in [5, 5.41) is 14.5. The Bertz CT molecular complexity index is 837. The van der Waals surface area contributed by atoms with Gasteiger partial charge in [-0.2, -0.15) is 10.1 Å². The molecule has 0 aliphatic heterocycles. The van der Waals surface area contributed by atoms with Gasteiger partial charge in [0, 0.05) is 12.2 Å². The molecule has 1 aromatic heterocycles. The lowest BCUT2D eigenvalue weighted by Crippen LogP contribution is -2.09. The number of anilines is 3. The topological polar surface area (TPSA) is 72.0 Å². The van der Waals surface area contributed by atoms with Crippen molar-refractivity contribution < 1.29 is 4.74 Å². The Kier molecular flexibility index (Phi) is 5.41. The molecule has 0 amide bonds. The van der Waals surface area contributed by atoms with Crippen LogP contribution in [0.5, 0.6) is 5.75 Å². The van der Waals surface area contributed by atoms with Gasteiger partial charge in [-0.1, -0.05) is 30.3 Å². The van der Waals surface area contributed by atoms with Gasteiger partial charge < -0.3 is 15.4 Å². The van der Waals surface area contributed by atoms with Crippen molar-refractivity contribution >= 4 is 17.5 Å². The summed E-state index contributed by atoms with van der Waals surface area (Å²) < 4.78 is 5.37. The smallest absolute Gasteiger partial charge is 0.249 e. The molecule has 0 atom stereocenters. The quantitative estimate of drug-likeness (QED) is 0.687. The number of nitrogens with zero attached hydrogens (tertiary/aromatic N) is 3. The van der Waals surface area contributed by atoms with Crippen LogP contribution in [0.15, 0.2) is 54.7 Å². The zero-order valence-electron chi connectivity index (χ0n) is 14.4. The molecule has 6 nitrogen and oxygen atoms in total. The fourth-order valence-corrected chi connectivity index (χ4v) is 2.53. The molecule has 0 saturated carbocycles. The second kappa shape index (κ2) is 8.10. The number of aryl methyl sites for hydroxylation is 1. The molecule has 3 rings (SSSR count). The Labute approximate surface area is 147 Å². The van der Waals surface area contributed by atoms with Crippen LogP contribution in [0, 0.1) is 6.92 Å². The SMILES string of the molecule is COc1ccccc1CCNc1cnnc(Nc2cccc(C)c2)n1. The van der Waals surface area contributed by atoms with E-state index in [1.807, 2.05) is 49.4 Å². The Hall–Kier alpha value is -3.15. The number of aromatic nitrogens is 3. The predicted molar refractivity (Wildman–Crippen MR) is 99.5 cm³/mol. The number of para-hydroxylation sites is 1. The van der Waals surface area contributed by atoms with E-state index in [4.69, 9.17) is 4.74 Å². The highest BCUT2D eigenvalue weighted by Gasteiger charge is 2.04. The molecule has 0 saturated heterocycles. The molecule has 25 heavy (non-hydrogen) atoms. The van der Waals surface area contributed by atoms with Crippen molar-refractivity contribution in [2.45, 2.75) is 13.3 Å². The molecule has 6 heteroatoms. The minimum Gasteiger partial charge on any atom is -0.496 e. The second-order valence-electron chi connectivity index (χ2n) is 5.65. The van der Waals surface area contributed by atoms with Crippen molar-refractivity contribution in [3.05, 3.63) is 65.9 Å². The standard InChI is InChI=1S/C19H21N5O/c1-14-6-5-8-16(12-14)22-19-23-18(13-21-24-19)20-11-10-15-7-3-4-9-17(15)25-2/h3-9,12-13H,10-11H2,1-2H3,(H2,20,22,23,24). The molecule has 3 aromatic rings. The zero-order valence-corrected chi connectivity index (χ0v) is 14.4. The Balaban J connectivity index is 1.60. The number of hydrogen-bond donors (Lipinski definition) is 2. The van der Waals surface area contributed by atoms with Gasteiger partial charge >= 0.3 is 0 Å². The van der Waals surface area contributed by atoms with Gasteiger partial charge in [-0.3, -0.25) is 0 Å². The van der Waals surface area contributed by atoms with E-state index in [0.717, 1.165) is 30.0 Å². The molecule has 1 heterocycles. The fourth-order valence-electron chi connectivity index (χ4n) is 2.53. The maximum absolute atomic E-state index is 5.37. The summed E-state index contributed by atoms with van der Waals surface area (Å²) in [6, 6.07) is 16.0. The van der Waals surface area contributed by atoms with Crippen molar-refractivity contribution in [1.29, 1.82) is 0 Å². The third-order valence-electron chi connectivity index (χ3n) is 3.73. The molecule has 0 aliphatic carbocycles. The van der Waals surface area contributed by atoms with E-state index in [-0.39, 0.29) is 0 Å². The summed E-state index contributed by atoms with van der Waals surface area (Å²) in [6.07, 6.45) is 2.44. The number of benzene rings is 2. The normalized spacial score (nSPS) is 10.3. The van der Waals surface area contributed by atoms with E-state index >= 15 is 0 Å². The van der Waals surface area contributed by atoms with Gasteiger partial charge in [0.1, 0.15) is 5.75 Å². The van der Waals surface area contributed by atoms with E-state index in [1.165, 1.54) is 5.56 Å². The van der Waals surface area contributed by atoms with Crippen LogP contribution in [0.25, 0.3) is 0 Å². The van der Waals surface area contributed by atoms with Crippen LogP contribution in [-0.2, 0) is 6.42 Å². The fraction of sp³-hybridized carbons (Fsp3) is 0.211. The Morgan fingerprint density at radius 2 is 1.96 bits per heavy atom. The highest BCUT2D eigenvalue weighted by molar-refractivity contribution is 5.55. The molecule has 0 fully saturated rings. The summed E-state index contributed by atoms with van der Waals surface area (Å²) in [6.45, 7) is 2.77. The highest BCUT2D eigenvalue weighted by Crippen LogP contribution is 2.18. The van der Waals surface area contributed by atoms with Gasteiger partial charge in [0.15, 0.2) is 5.82 Å².